The highest BCUT2D eigenvalue weighted by molar-refractivity contribution is 6.33. The van der Waals surface area contributed by atoms with E-state index in [1.807, 2.05) is 0 Å². The van der Waals surface area contributed by atoms with E-state index in [1.54, 1.807) is 24.3 Å². The van der Waals surface area contributed by atoms with Gasteiger partial charge < -0.3 is 26.0 Å². The molecule has 0 radical (unpaired) electrons. The van der Waals surface area contributed by atoms with Gasteiger partial charge in [-0.25, -0.2) is 0 Å². The molecule has 1 aliphatic rings. The zero-order valence-corrected chi connectivity index (χ0v) is 16.8. The number of ketones is 2. The maximum Gasteiger partial charge on any atom is 0.198 e. The summed E-state index contributed by atoms with van der Waals surface area (Å²) in [5.41, 5.74) is 14.1. The molecule has 2 aromatic rings. The third-order valence-corrected chi connectivity index (χ3v) is 4.89. The normalized spacial score (nSPS) is 13.1. The number of benzene rings is 2. The Morgan fingerprint density at radius 1 is 1.04 bits per heavy atom. The third kappa shape index (κ3) is 3.41. The average Bonchev–Trinajstić information content (AvgIpc) is 2.62. The summed E-state index contributed by atoms with van der Waals surface area (Å²) >= 11 is 0. The van der Waals surface area contributed by atoms with E-state index in [0.29, 0.717) is 18.0 Å². The molecule has 28 heavy (non-hydrogen) atoms. The van der Waals surface area contributed by atoms with E-state index < -0.39 is 0 Å². The summed E-state index contributed by atoms with van der Waals surface area (Å²) in [6.07, 6.45) is 0.895. The maximum absolute atomic E-state index is 13.3. The molecule has 0 amide bonds. The van der Waals surface area contributed by atoms with Crippen molar-refractivity contribution in [3.05, 3.63) is 46.5 Å². The Morgan fingerprint density at radius 2 is 1.75 bits per heavy atom. The molecule has 0 unspecified atom stereocenters. The summed E-state index contributed by atoms with van der Waals surface area (Å²) in [6.45, 7) is 1.61. The predicted molar refractivity (Wildman–Crippen MR) is 111 cm³/mol. The van der Waals surface area contributed by atoms with Gasteiger partial charge in [0.15, 0.2) is 11.6 Å². The lowest BCUT2D eigenvalue weighted by Gasteiger charge is -2.26. The van der Waals surface area contributed by atoms with E-state index in [2.05, 4.69) is 26.5 Å². The van der Waals surface area contributed by atoms with E-state index in [-0.39, 0.29) is 45.2 Å². The highest BCUT2D eigenvalue weighted by Crippen LogP contribution is 2.41. The lowest BCUT2D eigenvalue weighted by molar-refractivity contribution is -0.870. The average molecular weight is 383 g/mol. The minimum absolute atomic E-state index is 0.167. The van der Waals surface area contributed by atoms with Crippen molar-refractivity contribution in [3.63, 3.8) is 0 Å². The number of nitrogen functional groups attached to an aromatic ring is 2. The topological polar surface area (TPSA) is 107 Å². The first-order chi connectivity index (χ1) is 13.2. The first-order valence-electron chi connectivity index (χ1n) is 9.18. The number of ether oxygens (including phenoxy) is 1. The lowest BCUT2D eigenvalue weighted by atomic mass is 9.81. The van der Waals surface area contributed by atoms with Crippen molar-refractivity contribution in [1.29, 1.82) is 0 Å². The second-order valence-electron chi connectivity index (χ2n) is 8.01. The molecule has 1 aliphatic carbocycles. The molecule has 0 spiro atoms. The van der Waals surface area contributed by atoms with Crippen LogP contribution in [0.2, 0.25) is 0 Å². The number of carbonyl (C=O) groups excluding carboxylic acids is 2. The molecule has 0 atom stereocenters. The molecular weight excluding hydrogens is 356 g/mol. The molecule has 0 heterocycles. The Hall–Kier alpha value is -3.06. The molecule has 148 valence electrons. The van der Waals surface area contributed by atoms with E-state index in [9.17, 15) is 9.59 Å². The van der Waals surface area contributed by atoms with Crippen molar-refractivity contribution in [1.82, 2.24) is 0 Å². The Labute approximate surface area is 164 Å². The molecule has 0 saturated carbocycles. The van der Waals surface area contributed by atoms with Gasteiger partial charge in [-0.2, -0.15) is 0 Å². The summed E-state index contributed by atoms with van der Waals surface area (Å²) in [5, 5.41) is 3.29. The number of nitrogens with two attached hydrogens (primary N) is 2. The number of carbonyl (C=O) groups is 2. The summed E-state index contributed by atoms with van der Waals surface area (Å²) in [5.74, 6) is -0.254. The predicted octanol–water partition coefficient (Wildman–Crippen LogP) is 2.14. The summed E-state index contributed by atoms with van der Waals surface area (Å²) in [6, 6.07) is 6.55. The minimum atomic E-state index is -0.317. The van der Waals surface area contributed by atoms with Gasteiger partial charge in [-0.05, 0) is 6.07 Å². The monoisotopic (exact) mass is 383 g/mol. The molecule has 0 fully saturated rings. The molecular formula is C21H27N4O3+. The van der Waals surface area contributed by atoms with E-state index in [0.717, 1.165) is 17.4 Å². The van der Waals surface area contributed by atoms with Crippen LogP contribution in [0.1, 0.15) is 38.3 Å². The highest BCUT2D eigenvalue weighted by atomic mass is 16.5. The van der Waals surface area contributed by atoms with Crippen molar-refractivity contribution >= 4 is 28.6 Å². The van der Waals surface area contributed by atoms with Gasteiger partial charge in [-0.3, -0.25) is 9.59 Å². The largest absolute Gasteiger partial charge is 0.494 e. The number of rotatable bonds is 6. The standard InChI is InChI=1S/C21H26N4O3/c1-25(2,3)10-6-9-24-14-11-15(28-4)19(23)18-17(14)21(27)16-12(20(18)26)7-5-8-13(16)22/h5,7-8,11H,6,9-10H2,1-4H3,(H4-,22,23,24,26,27)/p+1. The van der Waals surface area contributed by atoms with Crippen LogP contribution in [0, 0.1) is 0 Å². The van der Waals surface area contributed by atoms with Crippen molar-refractivity contribution in [2.24, 2.45) is 0 Å². The van der Waals surface area contributed by atoms with Crippen LogP contribution in [-0.2, 0) is 0 Å². The van der Waals surface area contributed by atoms with Crippen LogP contribution in [0.4, 0.5) is 17.1 Å². The molecule has 5 N–H and O–H groups in total. The number of nitrogens with one attached hydrogen (secondary N) is 1. The van der Waals surface area contributed by atoms with E-state index in [4.69, 9.17) is 16.2 Å². The number of fused-ring (bicyclic) bond motifs is 2. The van der Waals surface area contributed by atoms with Gasteiger partial charge in [0.05, 0.1) is 57.2 Å². The van der Waals surface area contributed by atoms with Crippen LogP contribution in [-0.4, -0.2) is 57.4 Å². The van der Waals surface area contributed by atoms with Crippen LogP contribution in [0.3, 0.4) is 0 Å². The zero-order chi connectivity index (χ0) is 20.6. The second kappa shape index (κ2) is 7.16. The van der Waals surface area contributed by atoms with E-state index in [1.165, 1.54) is 7.11 Å². The van der Waals surface area contributed by atoms with Gasteiger partial charge >= 0.3 is 0 Å². The molecule has 3 rings (SSSR count). The second-order valence-corrected chi connectivity index (χ2v) is 8.01. The SMILES string of the molecule is COc1cc(NCCC[N+](C)(C)C)c2c(c1N)C(=O)c1cccc(N)c1C2=O. The fourth-order valence-electron chi connectivity index (χ4n) is 3.50. The van der Waals surface area contributed by atoms with Crippen LogP contribution >= 0.6 is 0 Å². The van der Waals surface area contributed by atoms with Crippen LogP contribution < -0.4 is 21.5 Å². The number of nitrogens with zero attached hydrogens (tertiary/aromatic N) is 1. The number of quaternary nitrogens is 1. The number of anilines is 3. The van der Waals surface area contributed by atoms with Crippen molar-refractivity contribution in [2.45, 2.75) is 6.42 Å². The summed E-state index contributed by atoms with van der Waals surface area (Å²) in [4.78, 5) is 26.4. The highest BCUT2D eigenvalue weighted by Gasteiger charge is 2.36. The first-order valence-corrected chi connectivity index (χ1v) is 9.18. The van der Waals surface area contributed by atoms with Crippen LogP contribution in [0.5, 0.6) is 5.75 Å². The minimum Gasteiger partial charge on any atom is -0.494 e. The Balaban J connectivity index is 2.07. The molecule has 0 bridgehead atoms. The van der Waals surface area contributed by atoms with Gasteiger partial charge in [0.25, 0.3) is 0 Å². The Kier molecular flexibility index (Phi) is 5.04. The van der Waals surface area contributed by atoms with Gasteiger partial charge in [0, 0.05) is 36.0 Å². The van der Waals surface area contributed by atoms with Crippen molar-refractivity contribution in [2.75, 3.05) is 58.1 Å². The Bertz CT molecular complexity index is 961. The first kappa shape index (κ1) is 19.7. The maximum atomic E-state index is 13.3. The molecule has 0 saturated heterocycles. The van der Waals surface area contributed by atoms with Gasteiger partial charge in [-0.15, -0.1) is 0 Å². The third-order valence-electron chi connectivity index (χ3n) is 4.89. The van der Waals surface area contributed by atoms with Crippen LogP contribution in [0.25, 0.3) is 0 Å². The van der Waals surface area contributed by atoms with E-state index >= 15 is 0 Å². The summed E-state index contributed by atoms with van der Waals surface area (Å²) < 4.78 is 6.19. The van der Waals surface area contributed by atoms with Gasteiger partial charge in [0.2, 0.25) is 0 Å². The lowest BCUT2D eigenvalue weighted by Crippen LogP contribution is -2.36. The Morgan fingerprint density at radius 3 is 2.39 bits per heavy atom. The number of hydrogen-bond donors (Lipinski definition) is 3. The van der Waals surface area contributed by atoms with Crippen molar-refractivity contribution < 1.29 is 18.8 Å². The molecule has 2 aromatic carbocycles. The zero-order valence-electron chi connectivity index (χ0n) is 16.8. The fraction of sp³-hybridized carbons (Fsp3) is 0.333. The molecule has 0 aliphatic heterocycles. The van der Waals surface area contributed by atoms with Crippen LogP contribution in [0.15, 0.2) is 24.3 Å². The molecule has 7 heteroatoms. The number of methoxy groups -OCH3 is 1. The molecule has 7 nitrogen and oxygen atoms in total. The van der Waals surface area contributed by atoms with Crippen molar-refractivity contribution in [3.8, 4) is 5.75 Å². The fourth-order valence-corrected chi connectivity index (χ4v) is 3.50. The molecule has 0 aromatic heterocycles. The van der Waals surface area contributed by atoms with Gasteiger partial charge in [-0.1, -0.05) is 12.1 Å². The smallest absolute Gasteiger partial charge is 0.198 e. The number of hydrogen-bond acceptors (Lipinski definition) is 6. The van der Waals surface area contributed by atoms with Gasteiger partial charge in [0.1, 0.15) is 5.75 Å². The quantitative estimate of drug-likeness (QED) is 0.342. The summed E-state index contributed by atoms with van der Waals surface area (Å²) in [7, 11) is 7.85.